The summed E-state index contributed by atoms with van der Waals surface area (Å²) in [6.07, 6.45) is 0. The van der Waals surface area contributed by atoms with Crippen molar-refractivity contribution in [3.63, 3.8) is 0 Å². The monoisotopic (exact) mass is 205 g/mol. The normalized spacial score (nSPS) is 8.25. The molecule has 0 N–H and O–H groups in total. The molecule has 1 radical (unpaired) electrons. The molecule has 12 heavy (non-hydrogen) atoms. The number of benzene rings is 1. The summed E-state index contributed by atoms with van der Waals surface area (Å²) in [4.78, 5) is 8.98. The number of hydrogen-bond acceptors (Lipinski definition) is 1. The Labute approximate surface area is 80.7 Å². The number of halogens is 2. The van der Waals surface area contributed by atoms with Gasteiger partial charge < -0.3 is 0 Å². The molecule has 0 spiro atoms. The lowest BCUT2D eigenvalue weighted by molar-refractivity contribution is 0.177. The van der Waals surface area contributed by atoms with Crippen molar-refractivity contribution in [2.24, 2.45) is 0 Å². The molecule has 0 aliphatic rings. The highest BCUT2D eigenvalue weighted by atomic mass is 35.5. The van der Waals surface area contributed by atoms with Gasteiger partial charge in [-0.25, -0.2) is 5.11 Å². The fourth-order valence-electron chi connectivity index (χ4n) is 0.574. The summed E-state index contributed by atoms with van der Waals surface area (Å²) >= 11 is 8.80. The van der Waals surface area contributed by atoms with Crippen LogP contribution in [0.3, 0.4) is 0 Å². The van der Waals surface area contributed by atoms with Crippen molar-refractivity contribution >= 4 is 27.9 Å². The Morgan fingerprint density at radius 1 is 1.17 bits per heavy atom. The van der Waals surface area contributed by atoms with Crippen LogP contribution in [0, 0.1) is 0 Å². The third kappa shape index (κ3) is 7.54. The maximum absolute atomic E-state index is 10.1. The molecule has 0 aromatic heterocycles. The third-order valence-corrected chi connectivity index (χ3v) is 1.01. The van der Waals surface area contributed by atoms with Crippen molar-refractivity contribution in [1.29, 1.82) is 0 Å². The number of rotatable bonds is 1. The van der Waals surface area contributed by atoms with Crippen molar-refractivity contribution in [3.05, 3.63) is 35.9 Å². The topological polar surface area (TPSA) is 37.0 Å². The van der Waals surface area contributed by atoms with Crippen LogP contribution in [0.4, 0.5) is 4.79 Å². The highest BCUT2D eigenvalue weighted by Gasteiger charge is 1.82. The predicted octanol–water partition coefficient (Wildman–Crippen LogP) is 3.20. The number of hydrogen-bond donors (Lipinski definition) is 0. The van der Waals surface area contributed by atoms with Crippen LogP contribution in [-0.2, 0) is 11.7 Å². The van der Waals surface area contributed by atoms with Crippen molar-refractivity contribution in [1.82, 2.24) is 0 Å². The highest BCUT2D eigenvalue weighted by molar-refractivity contribution is 6.93. The van der Waals surface area contributed by atoms with Crippen LogP contribution in [0.5, 0.6) is 0 Å². The molecule has 0 saturated heterocycles. The molecular weight excluding hydrogens is 199 g/mol. The summed E-state index contributed by atoms with van der Waals surface area (Å²) in [5.41, 5.74) is 0.854. The zero-order chi connectivity index (χ0) is 9.40. The Balaban J connectivity index is 0.000000261. The quantitative estimate of drug-likeness (QED) is 0.650. The maximum Gasteiger partial charge on any atom is 0.313 e. The standard InChI is InChI=1S/C7H7O.CCl2O/c8-6-7-4-2-1-3-5-7;2-1(3)4/h1-5H,6H2;. The SMILES string of the molecule is O=C(Cl)Cl.[O]Cc1ccccc1. The zero-order valence-corrected chi connectivity index (χ0v) is 7.68. The van der Waals surface area contributed by atoms with E-state index >= 15 is 0 Å². The molecule has 1 rings (SSSR count). The van der Waals surface area contributed by atoms with E-state index in [1.54, 1.807) is 0 Å². The van der Waals surface area contributed by atoms with Crippen molar-refractivity contribution in [3.8, 4) is 0 Å². The molecule has 0 fully saturated rings. The molecule has 0 amide bonds. The molecule has 4 heteroatoms. The average molecular weight is 206 g/mol. The molecule has 1 aromatic rings. The Morgan fingerprint density at radius 3 is 1.83 bits per heavy atom. The molecule has 65 valence electrons. The molecule has 2 nitrogen and oxygen atoms in total. The minimum atomic E-state index is -0.889. The van der Waals surface area contributed by atoms with E-state index in [2.05, 4.69) is 23.2 Å². The van der Waals surface area contributed by atoms with Gasteiger partial charge in [-0.15, -0.1) is 0 Å². The number of carbonyl (C=O) groups is 1. The van der Waals surface area contributed by atoms with E-state index in [1.165, 1.54) is 0 Å². The van der Waals surface area contributed by atoms with Crippen LogP contribution in [0.25, 0.3) is 0 Å². The Hall–Kier alpha value is -0.570. The van der Waals surface area contributed by atoms with Gasteiger partial charge in [-0.1, -0.05) is 30.3 Å². The van der Waals surface area contributed by atoms with Gasteiger partial charge in [0.1, 0.15) is 6.61 Å². The smallest absolute Gasteiger partial charge is 0.262 e. The minimum absolute atomic E-state index is 0.110. The van der Waals surface area contributed by atoms with Crippen LogP contribution >= 0.6 is 23.2 Å². The lowest BCUT2D eigenvalue weighted by Gasteiger charge is -1.87. The molecule has 0 saturated carbocycles. The second-order valence-corrected chi connectivity index (χ2v) is 2.74. The highest BCUT2D eigenvalue weighted by Crippen LogP contribution is 1.95. The molecule has 1 aromatic carbocycles. The van der Waals surface area contributed by atoms with Crippen LogP contribution in [0.1, 0.15) is 5.56 Å². The van der Waals surface area contributed by atoms with Crippen molar-refractivity contribution in [2.45, 2.75) is 6.61 Å². The molecule has 0 atom stereocenters. The van der Waals surface area contributed by atoms with E-state index in [1.807, 2.05) is 30.3 Å². The molecule has 0 aliphatic carbocycles. The van der Waals surface area contributed by atoms with Gasteiger partial charge in [-0.3, -0.25) is 4.79 Å². The Kier molecular flexibility index (Phi) is 6.76. The van der Waals surface area contributed by atoms with E-state index in [0.29, 0.717) is 0 Å². The summed E-state index contributed by atoms with van der Waals surface area (Å²) in [7, 11) is 0. The molecular formula is C8H7Cl2O2. The largest absolute Gasteiger partial charge is 0.313 e. The van der Waals surface area contributed by atoms with Gasteiger partial charge >= 0.3 is 4.70 Å². The van der Waals surface area contributed by atoms with Gasteiger partial charge in [0.2, 0.25) is 0 Å². The summed E-state index contributed by atoms with van der Waals surface area (Å²) in [5.74, 6) is 0. The van der Waals surface area contributed by atoms with E-state index in [0.717, 1.165) is 5.56 Å². The number of carbonyl (C=O) groups excluding carboxylic acids is 1. The zero-order valence-electron chi connectivity index (χ0n) is 6.17. The first-order valence-electron chi connectivity index (χ1n) is 3.14. The first-order valence-corrected chi connectivity index (χ1v) is 3.89. The minimum Gasteiger partial charge on any atom is -0.262 e. The van der Waals surface area contributed by atoms with Crippen LogP contribution in [-0.4, -0.2) is 4.70 Å². The van der Waals surface area contributed by atoms with Gasteiger partial charge in [0.15, 0.2) is 0 Å². The van der Waals surface area contributed by atoms with Gasteiger partial charge in [0.25, 0.3) is 0 Å². The second kappa shape index (κ2) is 7.10. The van der Waals surface area contributed by atoms with Crippen molar-refractivity contribution in [2.75, 3.05) is 0 Å². The van der Waals surface area contributed by atoms with E-state index in [9.17, 15) is 5.11 Å². The van der Waals surface area contributed by atoms with Gasteiger partial charge in [-0.05, 0) is 28.8 Å². The van der Waals surface area contributed by atoms with Crippen LogP contribution in [0.15, 0.2) is 30.3 Å². The van der Waals surface area contributed by atoms with Gasteiger partial charge in [0, 0.05) is 0 Å². The average Bonchev–Trinajstić information content (AvgIpc) is 2.05. The Morgan fingerprint density at radius 2 is 1.58 bits per heavy atom. The molecule has 0 unspecified atom stereocenters. The summed E-state index contributed by atoms with van der Waals surface area (Å²) in [6.45, 7) is -0.110. The predicted molar refractivity (Wildman–Crippen MR) is 47.9 cm³/mol. The van der Waals surface area contributed by atoms with Crippen molar-refractivity contribution < 1.29 is 9.90 Å². The molecule has 0 heterocycles. The maximum atomic E-state index is 10.1. The van der Waals surface area contributed by atoms with Crippen LogP contribution in [0.2, 0.25) is 0 Å². The molecule has 0 bridgehead atoms. The Bertz CT molecular complexity index is 220. The fraction of sp³-hybridized carbons (Fsp3) is 0.125. The van der Waals surface area contributed by atoms with Gasteiger partial charge in [-0.2, -0.15) is 0 Å². The lowest BCUT2D eigenvalue weighted by atomic mass is 10.2. The fourth-order valence-corrected chi connectivity index (χ4v) is 0.574. The first kappa shape index (κ1) is 11.4. The van der Waals surface area contributed by atoms with E-state index in [4.69, 9.17) is 4.79 Å². The van der Waals surface area contributed by atoms with Gasteiger partial charge in [0.05, 0.1) is 0 Å². The van der Waals surface area contributed by atoms with E-state index < -0.39 is 4.70 Å². The summed E-state index contributed by atoms with van der Waals surface area (Å²) in [5, 5.41) is 10.1. The first-order chi connectivity index (χ1) is 5.66. The third-order valence-electron chi connectivity index (χ3n) is 1.01. The summed E-state index contributed by atoms with van der Waals surface area (Å²) < 4.78 is -0.889. The lowest BCUT2D eigenvalue weighted by Crippen LogP contribution is -1.75. The van der Waals surface area contributed by atoms with E-state index in [-0.39, 0.29) is 6.61 Å². The second-order valence-electron chi connectivity index (χ2n) is 1.86. The van der Waals surface area contributed by atoms with Crippen LogP contribution < -0.4 is 0 Å². The molecule has 0 aliphatic heterocycles. The summed E-state index contributed by atoms with van der Waals surface area (Å²) in [6, 6.07) is 9.29.